The van der Waals surface area contributed by atoms with Crippen molar-refractivity contribution < 1.29 is 17.8 Å². The molecule has 1 saturated heterocycles. The number of rotatable bonds is 4. The lowest BCUT2D eigenvalue weighted by atomic mass is 9.79. The number of piperidine rings is 1. The van der Waals surface area contributed by atoms with Gasteiger partial charge < -0.3 is 10.6 Å². The molecule has 2 aromatic rings. The minimum atomic E-state index is -4.02. The molecule has 2 aromatic carbocycles. The van der Waals surface area contributed by atoms with Crippen molar-refractivity contribution in [3.63, 3.8) is 0 Å². The van der Waals surface area contributed by atoms with Crippen molar-refractivity contribution in [2.24, 2.45) is 5.92 Å². The van der Waals surface area contributed by atoms with Gasteiger partial charge in [-0.25, -0.2) is 0 Å². The highest BCUT2D eigenvalue weighted by Crippen LogP contribution is 2.33. The maximum Gasteiger partial charge on any atom is 0.294 e. The summed E-state index contributed by atoms with van der Waals surface area (Å²) in [5, 5.41) is 6.76. The lowest BCUT2D eigenvalue weighted by Crippen LogP contribution is -2.54. The van der Waals surface area contributed by atoms with Crippen molar-refractivity contribution in [3.05, 3.63) is 65.7 Å². The minimum absolute atomic E-state index is 0.0666. The average molecular weight is 431 g/mol. The molecule has 0 radical (unpaired) electrons. The summed E-state index contributed by atoms with van der Waals surface area (Å²) in [6, 6.07) is 16.4. The monoisotopic (exact) mass is 430 g/mol. The van der Waals surface area contributed by atoms with Crippen LogP contribution in [0.3, 0.4) is 0 Å². The van der Waals surface area contributed by atoms with Crippen molar-refractivity contribution in [1.82, 2.24) is 10.6 Å². The van der Waals surface area contributed by atoms with Gasteiger partial charge in [0.15, 0.2) is 0 Å². The molecule has 2 aliphatic rings. The lowest BCUT2D eigenvalue weighted by Gasteiger charge is -2.41. The fourth-order valence-electron chi connectivity index (χ4n) is 3.82. The van der Waals surface area contributed by atoms with Gasteiger partial charge in [-0.05, 0) is 63.4 Å². The first kappa shape index (κ1) is 22.5. The van der Waals surface area contributed by atoms with Crippen molar-refractivity contribution in [1.29, 1.82) is 0 Å². The van der Waals surface area contributed by atoms with Crippen LogP contribution >= 0.6 is 0 Å². The van der Waals surface area contributed by atoms with Crippen molar-refractivity contribution in [2.75, 3.05) is 13.1 Å². The normalized spacial score (nSPS) is 18.5. The number of carbonyl (C=O) groups is 1. The Hall–Kier alpha value is -2.22. The molecule has 7 heteroatoms. The maximum absolute atomic E-state index is 12.3. The molecule has 1 aliphatic heterocycles. The molecule has 3 N–H and O–H groups in total. The predicted octanol–water partition coefficient (Wildman–Crippen LogP) is 3.42. The van der Waals surface area contributed by atoms with E-state index in [0.29, 0.717) is 0 Å². The summed E-state index contributed by atoms with van der Waals surface area (Å²) in [5.74, 6) is 0.521. The number of hydrogen-bond donors (Lipinski definition) is 3. The molecule has 1 aliphatic carbocycles. The molecule has 4 rings (SSSR count). The van der Waals surface area contributed by atoms with Crippen molar-refractivity contribution in [2.45, 2.75) is 49.5 Å². The third kappa shape index (κ3) is 5.68. The van der Waals surface area contributed by atoms with E-state index in [4.69, 9.17) is 4.55 Å². The molecule has 0 unspecified atom stereocenters. The first-order valence-electron chi connectivity index (χ1n) is 10.4. The average Bonchev–Trinajstić information content (AvgIpc) is 2.68. The Morgan fingerprint density at radius 1 is 1.03 bits per heavy atom. The maximum atomic E-state index is 12.3. The fourth-order valence-corrected chi connectivity index (χ4v) is 4.30. The van der Waals surface area contributed by atoms with E-state index in [1.54, 1.807) is 12.1 Å². The van der Waals surface area contributed by atoms with Gasteiger partial charge in [-0.1, -0.05) is 54.4 Å². The molecule has 2 fully saturated rings. The SMILES string of the molecule is Cc1ccc(S(=O)(=O)O)cc1.O=C(NC1(c2ccccc2)CCNCC1)C1CCC1. The third-order valence-electron chi connectivity index (χ3n) is 5.94. The number of aryl methyl sites for hydroxylation is 1. The predicted molar refractivity (Wildman–Crippen MR) is 117 cm³/mol. The van der Waals surface area contributed by atoms with Gasteiger partial charge in [-0.15, -0.1) is 0 Å². The highest BCUT2D eigenvalue weighted by molar-refractivity contribution is 7.85. The lowest BCUT2D eigenvalue weighted by molar-refractivity contribution is -0.130. The summed E-state index contributed by atoms with van der Waals surface area (Å²) in [6.07, 6.45) is 5.30. The molecule has 0 bridgehead atoms. The molecular weight excluding hydrogens is 400 g/mol. The quantitative estimate of drug-likeness (QED) is 0.646. The van der Waals surface area contributed by atoms with Gasteiger partial charge in [-0.2, -0.15) is 8.42 Å². The van der Waals surface area contributed by atoms with Gasteiger partial charge in [0.25, 0.3) is 10.1 Å². The van der Waals surface area contributed by atoms with E-state index in [2.05, 4.69) is 34.9 Å². The zero-order chi connectivity index (χ0) is 21.6. The summed E-state index contributed by atoms with van der Waals surface area (Å²) in [4.78, 5) is 12.3. The first-order valence-corrected chi connectivity index (χ1v) is 11.9. The zero-order valence-corrected chi connectivity index (χ0v) is 18.1. The molecule has 30 heavy (non-hydrogen) atoms. The molecule has 0 atom stereocenters. The van der Waals surface area contributed by atoms with Gasteiger partial charge >= 0.3 is 0 Å². The van der Waals surface area contributed by atoms with Crippen LogP contribution in [0, 0.1) is 12.8 Å². The second-order valence-electron chi connectivity index (χ2n) is 8.10. The number of nitrogens with one attached hydrogen (secondary N) is 2. The van der Waals surface area contributed by atoms with Gasteiger partial charge in [0.2, 0.25) is 5.91 Å². The second-order valence-corrected chi connectivity index (χ2v) is 9.52. The van der Waals surface area contributed by atoms with E-state index in [1.165, 1.54) is 24.1 Å². The largest absolute Gasteiger partial charge is 0.346 e. The van der Waals surface area contributed by atoms with E-state index in [9.17, 15) is 13.2 Å². The highest BCUT2D eigenvalue weighted by Gasteiger charge is 2.37. The van der Waals surface area contributed by atoms with E-state index in [1.807, 2.05) is 13.0 Å². The summed E-state index contributed by atoms with van der Waals surface area (Å²) in [6.45, 7) is 3.79. The van der Waals surface area contributed by atoms with Gasteiger partial charge in [-0.3, -0.25) is 9.35 Å². The first-order chi connectivity index (χ1) is 14.3. The molecular formula is C23H30N2O4S. The Balaban J connectivity index is 0.000000199. The van der Waals surface area contributed by atoms with Crippen LogP contribution in [0.4, 0.5) is 0 Å². The summed E-state index contributed by atoms with van der Waals surface area (Å²) >= 11 is 0. The van der Waals surface area contributed by atoms with Crippen LogP contribution in [0.25, 0.3) is 0 Å². The van der Waals surface area contributed by atoms with Gasteiger partial charge in [0.1, 0.15) is 0 Å². The number of carbonyl (C=O) groups excluding carboxylic acids is 1. The fraction of sp³-hybridized carbons (Fsp3) is 0.435. The standard InChI is InChI=1S/C16H22N2O.C7H8O3S/c19-15(13-5-4-6-13)18-16(9-11-17-12-10-16)14-7-2-1-3-8-14;1-6-2-4-7(5-3-6)11(8,9)10/h1-3,7-8,13,17H,4-6,9-12H2,(H,18,19);2-5H,1H3,(H,8,9,10). The molecule has 1 heterocycles. The smallest absolute Gasteiger partial charge is 0.294 e. The van der Waals surface area contributed by atoms with Crippen LogP contribution in [-0.4, -0.2) is 32.0 Å². The second kappa shape index (κ2) is 9.73. The van der Waals surface area contributed by atoms with Crippen LogP contribution in [0.15, 0.2) is 59.5 Å². The van der Waals surface area contributed by atoms with Crippen LogP contribution in [0.2, 0.25) is 0 Å². The minimum Gasteiger partial charge on any atom is -0.346 e. The van der Waals surface area contributed by atoms with E-state index in [-0.39, 0.29) is 22.3 Å². The van der Waals surface area contributed by atoms with Gasteiger partial charge in [0, 0.05) is 5.92 Å². The van der Waals surface area contributed by atoms with Gasteiger partial charge in [0.05, 0.1) is 10.4 Å². The Kier molecular flexibility index (Phi) is 7.28. The highest BCUT2D eigenvalue weighted by atomic mass is 32.2. The molecule has 162 valence electrons. The van der Waals surface area contributed by atoms with E-state index >= 15 is 0 Å². The summed E-state index contributed by atoms with van der Waals surface area (Å²) < 4.78 is 29.6. The Morgan fingerprint density at radius 3 is 2.13 bits per heavy atom. The summed E-state index contributed by atoms with van der Waals surface area (Å²) in [5.41, 5.74) is 2.06. The Labute approximate surface area is 178 Å². The molecule has 0 spiro atoms. The third-order valence-corrected chi connectivity index (χ3v) is 6.81. The zero-order valence-electron chi connectivity index (χ0n) is 17.3. The topological polar surface area (TPSA) is 95.5 Å². The van der Waals surface area contributed by atoms with E-state index < -0.39 is 10.1 Å². The Morgan fingerprint density at radius 2 is 1.63 bits per heavy atom. The molecule has 1 amide bonds. The molecule has 0 aromatic heterocycles. The summed E-state index contributed by atoms with van der Waals surface area (Å²) in [7, 11) is -4.02. The van der Waals surface area contributed by atoms with Crippen LogP contribution in [-0.2, 0) is 20.5 Å². The van der Waals surface area contributed by atoms with Crippen LogP contribution in [0.5, 0.6) is 0 Å². The number of amides is 1. The number of hydrogen-bond acceptors (Lipinski definition) is 4. The van der Waals surface area contributed by atoms with Crippen LogP contribution < -0.4 is 10.6 Å². The van der Waals surface area contributed by atoms with E-state index in [0.717, 1.165) is 44.3 Å². The van der Waals surface area contributed by atoms with Crippen LogP contribution in [0.1, 0.15) is 43.2 Å². The molecule has 6 nitrogen and oxygen atoms in total. The Bertz CT molecular complexity index is 933. The molecule has 1 saturated carbocycles. The number of benzene rings is 2. The van der Waals surface area contributed by atoms with Crippen molar-refractivity contribution >= 4 is 16.0 Å². The van der Waals surface area contributed by atoms with Crippen molar-refractivity contribution in [3.8, 4) is 0 Å².